The summed E-state index contributed by atoms with van der Waals surface area (Å²) < 4.78 is 0. The molecule has 0 aliphatic heterocycles. The number of rotatable bonds is 4. The molecule has 16 heavy (non-hydrogen) atoms. The normalized spacial score (nSPS) is 30.4. The molecular formula is C11H17NO4. The van der Waals surface area contributed by atoms with Crippen LogP contribution in [0.4, 0.5) is 0 Å². The molecule has 5 nitrogen and oxygen atoms in total. The quantitative estimate of drug-likeness (QED) is 0.667. The predicted molar refractivity (Wildman–Crippen MR) is 55.7 cm³/mol. The Morgan fingerprint density at radius 1 is 1.38 bits per heavy atom. The largest absolute Gasteiger partial charge is 0.480 e. The van der Waals surface area contributed by atoms with Crippen molar-refractivity contribution in [3.05, 3.63) is 0 Å². The molecule has 0 saturated heterocycles. The van der Waals surface area contributed by atoms with E-state index in [-0.39, 0.29) is 12.0 Å². The van der Waals surface area contributed by atoms with Crippen molar-refractivity contribution in [2.45, 2.75) is 31.8 Å². The first-order valence-electron chi connectivity index (χ1n) is 5.63. The molecule has 0 aromatic carbocycles. The monoisotopic (exact) mass is 227 g/mol. The molecule has 0 radical (unpaired) electrons. The van der Waals surface area contributed by atoms with Gasteiger partial charge in [0.15, 0.2) is 0 Å². The number of hydrogen-bond donors (Lipinski definition) is 2. The minimum atomic E-state index is -1.13. The molecule has 0 unspecified atom stereocenters. The van der Waals surface area contributed by atoms with E-state index in [9.17, 15) is 9.59 Å². The first-order chi connectivity index (χ1) is 7.45. The van der Waals surface area contributed by atoms with Gasteiger partial charge in [-0.3, -0.25) is 9.59 Å². The van der Waals surface area contributed by atoms with Crippen LogP contribution in [0.2, 0.25) is 0 Å². The Labute approximate surface area is 94.0 Å². The number of aliphatic hydroxyl groups excluding tert-OH is 1. The third-order valence-electron chi connectivity index (χ3n) is 3.66. The number of carboxylic acids is 1. The van der Waals surface area contributed by atoms with Crippen LogP contribution < -0.4 is 0 Å². The lowest BCUT2D eigenvalue weighted by molar-refractivity contribution is -0.153. The lowest BCUT2D eigenvalue weighted by atomic mass is 9.82. The minimum Gasteiger partial charge on any atom is -0.480 e. The predicted octanol–water partition coefficient (Wildman–Crippen LogP) is 0.0805. The second kappa shape index (κ2) is 3.73. The van der Waals surface area contributed by atoms with Crippen LogP contribution in [0.1, 0.15) is 25.7 Å². The molecule has 2 N–H and O–H groups in total. The summed E-state index contributed by atoms with van der Waals surface area (Å²) in [5.41, 5.74) is -1.13. The number of carboxylic acid groups (broad SMARTS) is 1. The number of amides is 1. The molecule has 0 bridgehead atoms. The van der Waals surface area contributed by atoms with Crippen molar-refractivity contribution in [1.29, 1.82) is 0 Å². The van der Waals surface area contributed by atoms with Crippen molar-refractivity contribution in [2.24, 2.45) is 11.3 Å². The van der Waals surface area contributed by atoms with E-state index in [1.54, 1.807) is 7.05 Å². The Morgan fingerprint density at radius 2 is 1.94 bits per heavy atom. The van der Waals surface area contributed by atoms with Gasteiger partial charge in [0.25, 0.3) is 0 Å². The van der Waals surface area contributed by atoms with Crippen molar-refractivity contribution >= 4 is 11.9 Å². The van der Waals surface area contributed by atoms with Crippen molar-refractivity contribution in [1.82, 2.24) is 4.90 Å². The Kier molecular flexibility index (Phi) is 2.66. The van der Waals surface area contributed by atoms with Gasteiger partial charge in [0.05, 0.1) is 6.10 Å². The van der Waals surface area contributed by atoms with E-state index in [1.807, 2.05) is 0 Å². The van der Waals surface area contributed by atoms with Gasteiger partial charge in [-0.05, 0) is 31.6 Å². The summed E-state index contributed by atoms with van der Waals surface area (Å²) in [5.74, 6) is -0.951. The summed E-state index contributed by atoms with van der Waals surface area (Å²) in [4.78, 5) is 24.4. The van der Waals surface area contributed by atoms with Crippen LogP contribution in [0.15, 0.2) is 0 Å². The van der Waals surface area contributed by atoms with Gasteiger partial charge in [-0.15, -0.1) is 0 Å². The van der Waals surface area contributed by atoms with Gasteiger partial charge in [-0.25, -0.2) is 0 Å². The summed E-state index contributed by atoms with van der Waals surface area (Å²) >= 11 is 0. The summed E-state index contributed by atoms with van der Waals surface area (Å²) in [6, 6.07) is 0. The van der Waals surface area contributed by atoms with E-state index in [4.69, 9.17) is 10.2 Å². The highest BCUT2D eigenvalue weighted by Crippen LogP contribution is 2.47. The molecule has 2 fully saturated rings. The van der Waals surface area contributed by atoms with Crippen LogP contribution in [-0.2, 0) is 9.59 Å². The van der Waals surface area contributed by atoms with Crippen LogP contribution >= 0.6 is 0 Å². The van der Waals surface area contributed by atoms with E-state index >= 15 is 0 Å². The SMILES string of the molecule is CN(CC1CC(O)C1)C(=O)C1(C(=O)O)CC1. The molecule has 0 heterocycles. The van der Waals surface area contributed by atoms with E-state index in [0.29, 0.717) is 25.3 Å². The Morgan fingerprint density at radius 3 is 2.31 bits per heavy atom. The molecule has 0 aromatic heterocycles. The van der Waals surface area contributed by atoms with Gasteiger partial charge in [0.2, 0.25) is 5.91 Å². The maximum atomic E-state index is 11.9. The molecule has 0 atom stereocenters. The Hall–Kier alpha value is -1.10. The van der Waals surface area contributed by atoms with Gasteiger partial charge in [-0.1, -0.05) is 0 Å². The Balaban J connectivity index is 1.88. The minimum absolute atomic E-state index is 0.233. The fourth-order valence-corrected chi connectivity index (χ4v) is 2.33. The number of aliphatic hydroxyl groups is 1. The zero-order valence-electron chi connectivity index (χ0n) is 9.35. The number of aliphatic carboxylic acids is 1. The van der Waals surface area contributed by atoms with E-state index in [0.717, 1.165) is 12.8 Å². The molecule has 90 valence electrons. The molecule has 1 amide bonds. The molecule has 5 heteroatoms. The molecule has 0 spiro atoms. The number of carbonyl (C=O) groups is 2. The maximum absolute atomic E-state index is 11.9. The number of hydrogen-bond acceptors (Lipinski definition) is 3. The summed E-state index contributed by atoms with van der Waals surface area (Å²) in [7, 11) is 1.65. The molecule has 0 aromatic rings. The van der Waals surface area contributed by atoms with E-state index in [2.05, 4.69) is 0 Å². The highest BCUT2D eigenvalue weighted by Gasteiger charge is 2.58. The van der Waals surface area contributed by atoms with Gasteiger partial charge in [0.1, 0.15) is 5.41 Å². The zero-order chi connectivity index (χ0) is 11.9. The number of nitrogens with zero attached hydrogens (tertiary/aromatic N) is 1. The highest BCUT2D eigenvalue weighted by atomic mass is 16.4. The topological polar surface area (TPSA) is 77.8 Å². The van der Waals surface area contributed by atoms with Gasteiger partial charge in [-0.2, -0.15) is 0 Å². The molecule has 2 aliphatic carbocycles. The highest BCUT2D eigenvalue weighted by molar-refractivity contribution is 6.04. The molecular weight excluding hydrogens is 210 g/mol. The first kappa shape index (κ1) is 11.4. The lowest BCUT2D eigenvalue weighted by Gasteiger charge is -2.35. The van der Waals surface area contributed by atoms with Crippen LogP contribution in [0.3, 0.4) is 0 Å². The van der Waals surface area contributed by atoms with E-state index < -0.39 is 11.4 Å². The van der Waals surface area contributed by atoms with E-state index in [1.165, 1.54) is 4.90 Å². The number of carbonyl (C=O) groups excluding carboxylic acids is 1. The summed E-state index contributed by atoms with van der Waals surface area (Å²) in [6.45, 7) is 0.560. The van der Waals surface area contributed by atoms with Crippen LogP contribution in [0.25, 0.3) is 0 Å². The summed E-state index contributed by atoms with van der Waals surface area (Å²) in [5, 5.41) is 18.1. The molecule has 2 rings (SSSR count). The first-order valence-corrected chi connectivity index (χ1v) is 5.63. The fourth-order valence-electron chi connectivity index (χ4n) is 2.33. The molecule has 2 saturated carbocycles. The summed E-state index contributed by atoms with van der Waals surface area (Å²) in [6.07, 6.45) is 2.12. The zero-order valence-corrected chi connectivity index (χ0v) is 9.35. The fraction of sp³-hybridized carbons (Fsp3) is 0.818. The standard InChI is InChI=1S/C11H17NO4/c1-12(6-7-4-8(13)5-7)9(14)11(2-3-11)10(15)16/h7-8,13H,2-6H2,1H3,(H,15,16). The van der Waals surface area contributed by atoms with Crippen LogP contribution in [-0.4, -0.2) is 46.7 Å². The third kappa shape index (κ3) is 1.80. The van der Waals surface area contributed by atoms with Crippen molar-refractivity contribution in [2.75, 3.05) is 13.6 Å². The second-order valence-electron chi connectivity index (χ2n) is 5.06. The van der Waals surface area contributed by atoms with Gasteiger partial charge in [0, 0.05) is 13.6 Å². The van der Waals surface area contributed by atoms with Crippen molar-refractivity contribution in [3.63, 3.8) is 0 Å². The van der Waals surface area contributed by atoms with Crippen LogP contribution in [0.5, 0.6) is 0 Å². The maximum Gasteiger partial charge on any atom is 0.319 e. The van der Waals surface area contributed by atoms with Gasteiger partial charge < -0.3 is 15.1 Å². The van der Waals surface area contributed by atoms with Crippen molar-refractivity contribution < 1.29 is 19.8 Å². The average molecular weight is 227 g/mol. The average Bonchev–Trinajstić information content (AvgIpc) is 2.94. The second-order valence-corrected chi connectivity index (χ2v) is 5.06. The van der Waals surface area contributed by atoms with Crippen LogP contribution in [0, 0.1) is 11.3 Å². The molecule has 2 aliphatic rings. The van der Waals surface area contributed by atoms with Crippen molar-refractivity contribution in [3.8, 4) is 0 Å². The van der Waals surface area contributed by atoms with Gasteiger partial charge >= 0.3 is 5.97 Å². The third-order valence-corrected chi connectivity index (χ3v) is 3.66. The smallest absolute Gasteiger partial charge is 0.319 e. The lowest BCUT2D eigenvalue weighted by Crippen LogP contribution is -2.44. The Bertz CT molecular complexity index is 318.